The SMILES string of the molecule is CC(C)NCc1ccc(-c2ccc(F)c(Br)c2)o1. The Kier molecular flexibility index (Phi) is 4.19. The van der Waals surface area contributed by atoms with Crippen molar-refractivity contribution in [2.75, 3.05) is 0 Å². The van der Waals surface area contributed by atoms with Gasteiger partial charge in [0.05, 0.1) is 11.0 Å². The van der Waals surface area contributed by atoms with Crippen LogP contribution < -0.4 is 5.32 Å². The third-order valence-electron chi connectivity index (χ3n) is 2.55. The molecule has 0 aliphatic carbocycles. The Morgan fingerprint density at radius 2 is 2.06 bits per heavy atom. The van der Waals surface area contributed by atoms with Gasteiger partial charge in [0, 0.05) is 11.6 Å². The van der Waals surface area contributed by atoms with Gasteiger partial charge in [-0.1, -0.05) is 13.8 Å². The van der Waals surface area contributed by atoms with E-state index in [1.54, 1.807) is 12.1 Å². The molecule has 96 valence electrons. The van der Waals surface area contributed by atoms with Crippen molar-refractivity contribution in [1.29, 1.82) is 0 Å². The van der Waals surface area contributed by atoms with E-state index in [1.807, 2.05) is 12.1 Å². The summed E-state index contributed by atoms with van der Waals surface area (Å²) in [6.07, 6.45) is 0. The van der Waals surface area contributed by atoms with Crippen molar-refractivity contribution in [2.24, 2.45) is 0 Å². The largest absolute Gasteiger partial charge is 0.460 e. The Labute approximate surface area is 114 Å². The molecule has 2 nitrogen and oxygen atoms in total. The lowest BCUT2D eigenvalue weighted by Gasteiger charge is -2.05. The van der Waals surface area contributed by atoms with Crippen LogP contribution in [0.5, 0.6) is 0 Å². The fraction of sp³-hybridized carbons (Fsp3) is 0.286. The molecule has 0 unspecified atom stereocenters. The summed E-state index contributed by atoms with van der Waals surface area (Å²) < 4.78 is 19.3. The molecule has 0 bridgehead atoms. The monoisotopic (exact) mass is 311 g/mol. The predicted octanol–water partition coefficient (Wildman–Crippen LogP) is 4.35. The molecule has 0 aliphatic heterocycles. The zero-order valence-corrected chi connectivity index (χ0v) is 11.9. The summed E-state index contributed by atoms with van der Waals surface area (Å²) in [7, 11) is 0. The highest BCUT2D eigenvalue weighted by Crippen LogP contribution is 2.26. The number of halogens is 2. The van der Waals surface area contributed by atoms with E-state index >= 15 is 0 Å². The summed E-state index contributed by atoms with van der Waals surface area (Å²) >= 11 is 3.17. The van der Waals surface area contributed by atoms with Gasteiger partial charge in [-0.25, -0.2) is 4.39 Å². The van der Waals surface area contributed by atoms with E-state index < -0.39 is 0 Å². The van der Waals surface area contributed by atoms with Crippen LogP contribution in [-0.4, -0.2) is 6.04 Å². The molecular weight excluding hydrogens is 297 g/mol. The number of benzene rings is 1. The molecule has 0 fully saturated rings. The third kappa shape index (κ3) is 3.21. The fourth-order valence-corrected chi connectivity index (χ4v) is 1.96. The first kappa shape index (κ1) is 13.3. The van der Waals surface area contributed by atoms with Crippen molar-refractivity contribution in [3.05, 3.63) is 46.4 Å². The van der Waals surface area contributed by atoms with Crippen LogP contribution in [0, 0.1) is 5.82 Å². The summed E-state index contributed by atoms with van der Waals surface area (Å²) in [5.41, 5.74) is 0.860. The summed E-state index contributed by atoms with van der Waals surface area (Å²) in [5, 5.41) is 3.28. The lowest BCUT2D eigenvalue weighted by molar-refractivity contribution is 0.473. The second kappa shape index (κ2) is 5.67. The Morgan fingerprint density at radius 3 is 2.72 bits per heavy atom. The molecule has 18 heavy (non-hydrogen) atoms. The minimum absolute atomic E-state index is 0.271. The van der Waals surface area contributed by atoms with Crippen LogP contribution in [0.2, 0.25) is 0 Å². The molecule has 2 rings (SSSR count). The van der Waals surface area contributed by atoms with Gasteiger partial charge in [0.15, 0.2) is 0 Å². The van der Waals surface area contributed by atoms with Gasteiger partial charge < -0.3 is 9.73 Å². The molecule has 0 saturated heterocycles. The molecule has 0 atom stereocenters. The van der Waals surface area contributed by atoms with E-state index in [9.17, 15) is 4.39 Å². The summed E-state index contributed by atoms with van der Waals surface area (Å²) in [5.74, 6) is 1.35. The highest BCUT2D eigenvalue weighted by Gasteiger charge is 2.07. The quantitative estimate of drug-likeness (QED) is 0.908. The third-order valence-corrected chi connectivity index (χ3v) is 3.16. The minimum Gasteiger partial charge on any atom is -0.460 e. The van der Waals surface area contributed by atoms with Crippen molar-refractivity contribution in [1.82, 2.24) is 5.32 Å². The van der Waals surface area contributed by atoms with Crippen molar-refractivity contribution in [3.8, 4) is 11.3 Å². The fourth-order valence-electron chi connectivity index (χ4n) is 1.58. The van der Waals surface area contributed by atoms with Crippen LogP contribution in [0.1, 0.15) is 19.6 Å². The molecule has 0 aliphatic rings. The van der Waals surface area contributed by atoms with E-state index in [1.165, 1.54) is 6.07 Å². The zero-order valence-electron chi connectivity index (χ0n) is 10.3. The van der Waals surface area contributed by atoms with E-state index in [0.717, 1.165) is 17.1 Å². The molecule has 1 heterocycles. The average Bonchev–Trinajstić information content (AvgIpc) is 2.79. The normalized spacial score (nSPS) is 11.2. The topological polar surface area (TPSA) is 25.2 Å². The molecule has 0 radical (unpaired) electrons. The molecule has 0 saturated carbocycles. The standard InChI is InChI=1S/C14H15BrFNO/c1-9(2)17-8-11-4-6-14(18-11)10-3-5-13(16)12(15)7-10/h3-7,9,17H,8H2,1-2H3. The van der Waals surface area contributed by atoms with Gasteiger partial charge in [-0.15, -0.1) is 0 Å². The highest BCUT2D eigenvalue weighted by atomic mass is 79.9. The Bertz CT molecular complexity index is 536. The van der Waals surface area contributed by atoms with Gasteiger partial charge in [0.2, 0.25) is 0 Å². The van der Waals surface area contributed by atoms with E-state index in [-0.39, 0.29) is 5.82 Å². The highest BCUT2D eigenvalue weighted by molar-refractivity contribution is 9.10. The summed E-state index contributed by atoms with van der Waals surface area (Å²) in [6.45, 7) is 4.86. The minimum atomic E-state index is -0.271. The van der Waals surface area contributed by atoms with Crippen LogP contribution >= 0.6 is 15.9 Å². The van der Waals surface area contributed by atoms with Crippen molar-refractivity contribution >= 4 is 15.9 Å². The van der Waals surface area contributed by atoms with Gasteiger partial charge in [0.1, 0.15) is 17.3 Å². The second-order valence-electron chi connectivity index (χ2n) is 4.43. The molecular formula is C14H15BrFNO. The van der Waals surface area contributed by atoms with Crippen LogP contribution in [-0.2, 0) is 6.54 Å². The zero-order chi connectivity index (χ0) is 13.1. The maximum atomic E-state index is 13.1. The molecule has 0 spiro atoms. The first-order valence-electron chi connectivity index (χ1n) is 5.84. The first-order chi connectivity index (χ1) is 8.56. The van der Waals surface area contributed by atoms with Crippen LogP contribution in [0.25, 0.3) is 11.3 Å². The van der Waals surface area contributed by atoms with Crippen LogP contribution in [0.15, 0.2) is 39.2 Å². The average molecular weight is 312 g/mol. The van der Waals surface area contributed by atoms with E-state index in [0.29, 0.717) is 17.1 Å². The summed E-state index contributed by atoms with van der Waals surface area (Å²) in [4.78, 5) is 0. The van der Waals surface area contributed by atoms with E-state index in [4.69, 9.17) is 4.42 Å². The van der Waals surface area contributed by atoms with Crippen molar-refractivity contribution in [2.45, 2.75) is 26.4 Å². The summed E-state index contributed by atoms with van der Waals surface area (Å²) in [6, 6.07) is 9.10. The molecule has 1 aromatic heterocycles. The smallest absolute Gasteiger partial charge is 0.137 e. The number of furan rings is 1. The van der Waals surface area contributed by atoms with Gasteiger partial charge in [-0.3, -0.25) is 0 Å². The molecule has 0 amide bonds. The number of hydrogen-bond acceptors (Lipinski definition) is 2. The van der Waals surface area contributed by atoms with E-state index in [2.05, 4.69) is 35.1 Å². The van der Waals surface area contributed by atoms with Gasteiger partial charge >= 0.3 is 0 Å². The van der Waals surface area contributed by atoms with Gasteiger partial charge in [-0.05, 0) is 46.3 Å². The Hall–Kier alpha value is -1.13. The molecule has 1 N–H and O–H groups in total. The van der Waals surface area contributed by atoms with Crippen LogP contribution in [0.4, 0.5) is 4.39 Å². The van der Waals surface area contributed by atoms with Gasteiger partial charge in [-0.2, -0.15) is 0 Å². The van der Waals surface area contributed by atoms with Crippen LogP contribution in [0.3, 0.4) is 0 Å². The molecule has 2 aromatic rings. The molecule has 4 heteroatoms. The maximum Gasteiger partial charge on any atom is 0.137 e. The lowest BCUT2D eigenvalue weighted by atomic mass is 10.2. The number of rotatable bonds is 4. The van der Waals surface area contributed by atoms with Crippen molar-refractivity contribution in [3.63, 3.8) is 0 Å². The first-order valence-corrected chi connectivity index (χ1v) is 6.63. The molecule has 1 aromatic carbocycles. The van der Waals surface area contributed by atoms with Gasteiger partial charge in [0.25, 0.3) is 0 Å². The maximum absolute atomic E-state index is 13.1. The number of nitrogens with one attached hydrogen (secondary N) is 1. The lowest BCUT2D eigenvalue weighted by Crippen LogP contribution is -2.21. The Morgan fingerprint density at radius 1 is 1.28 bits per heavy atom. The predicted molar refractivity (Wildman–Crippen MR) is 73.8 cm³/mol. The second-order valence-corrected chi connectivity index (χ2v) is 5.28. The Balaban J connectivity index is 2.16. The number of hydrogen-bond donors (Lipinski definition) is 1. The van der Waals surface area contributed by atoms with Crippen molar-refractivity contribution < 1.29 is 8.81 Å².